The number of anilines is 1. The molecule has 9 nitrogen and oxygen atoms in total. The van der Waals surface area contributed by atoms with Crippen LogP contribution in [0, 0.1) is 13.8 Å². The van der Waals surface area contributed by atoms with Gasteiger partial charge in [-0.25, -0.2) is 10.1 Å². The van der Waals surface area contributed by atoms with Gasteiger partial charge in [-0.3, -0.25) is 10.1 Å². The molecule has 2 heterocycles. The van der Waals surface area contributed by atoms with E-state index in [-0.39, 0.29) is 24.7 Å². The lowest BCUT2D eigenvalue weighted by molar-refractivity contribution is -0.126. The number of amides is 1. The average molecular weight is 596 g/mol. The molecule has 1 aliphatic rings. The third-order valence-corrected chi connectivity index (χ3v) is 7.47. The molecule has 4 N–H and O–H groups in total. The number of ether oxygens (including phenoxy) is 2. The van der Waals surface area contributed by atoms with E-state index in [9.17, 15) is 4.79 Å². The molecular weight excluding hydrogens is 563 g/mol. The number of aromatic nitrogens is 2. The van der Waals surface area contributed by atoms with Gasteiger partial charge in [-0.05, 0) is 69.9 Å². The second kappa shape index (κ2) is 12.7. The molecule has 0 spiro atoms. The SMILES string of the molecule is Cc1ccc(OCCCCNC(=O)C(C)(C)NCOc2nn3c(c2Cl)NNC3c2ccc(Cl)c(Cl)c2)c(C)c1. The number of rotatable bonds is 12. The predicted molar refractivity (Wildman–Crippen MR) is 155 cm³/mol. The van der Waals surface area contributed by atoms with E-state index in [2.05, 4.69) is 39.6 Å². The van der Waals surface area contributed by atoms with Gasteiger partial charge in [-0.1, -0.05) is 58.6 Å². The van der Waals surface area contributed by atoms with Gasteiger partial charge in [0.15, 0.2) is 5.82 Å². The third kappa shape index (κ3) is 7.10. The van der Waals surface area contributed by atoms with Crippen LogP contribution >= 0.6 is 34.8 Å². The summed E-state index contributed by atoms with van der Waals surface area (Å²) in [4.78, 5) is 12.7. The lowest BCUT2D eigenvalue weighted by Crippen LogP contribution is -2.53. The third-order valence-electron chi connectivity index (χ3n) is 6.39. The van der Waals surface area contributed by atoms with E-state index in [0.29, 0.717) is 34.0 Å². The summed E-state index contributed by atoms with van der Waals surface area (Å²) < 4.78 is 13.3. The Balaban J connectivity index is 1.20. The minimum Gasteiger partial charge on any atom is -0.493 e. The molecule has 1 aromatic heterocycles. The van der Waals surface area contributed by atoms with E-state index in [4.69, 9.17) is 44.3 Å². The second-order valence-corrected chi connectivity index (χ2v) is 11.1. The van der Waals surface area contributed by atoms with Gasteiger partial charge in [0.25, 0.3) is 5.88 Å². The molecule has 4 rings (SSSR count). The van der Waals surface area contributed by atoms with Crippen molar-refractivity contribution in [3.63, 3.8) is 0 Å². The van der Waals surface area contributed by atoms with Crippen molar-refractivity contribution in [1.29, 1.82) is 0 Å². The zero-order valence-electron chi connectivity index (χ0n) is 22.3. The van der Waals surface area contributed by atoms with E-state index in [1.54, 1.807) is 30.7 Å². The fourth-order valence-electron chi connectivity index (χ4n) is 4.05. The number of unbranched alkanes of at least 4 members (excludes halogenated alkanes) is 1. The molecule has 0 saturated heterocycles. The molecule has 1 amide bonds. The molecule has 0 radical (unpaired) electrons. The normalized spacial score (nSPS) is 14.6. The fourth-order valence-corrected chi connectivity index (χ4v) is 4.58. The first-order chi connectivity index (χ1) is 18.6. The van der Waals surface area contributed by atoms with Gasteiger partial charge in [0.1, 0.15) is 23.7 Å². The molecule has 1 aliphatic heterocycles. The van der Waals surface area contributed by atoms with Crippen LogP contribution in [-0.2, 0) is 4.79 Å². The van der Waals surface area contributed by atoms with Crippen LogP contribution < -0.4 is 31.0 Å². The highest BCUT2D eigenvalue weighted by Gasteiger charge is 2.31. The molecule has 0 aliphatic carbocycles. The smallest absolute Gasteiger partial charge is 0.255 e. The Kier molecular flexibility index (Phi) is 9.51. The average Bonchev–Trinajstić information content (AvgIpc) is 3.43. The number of fused-ring (bicyclic) bond motifs is 1. The van der Waals surface area contributed by atoms with E-state index >= 15 is 0 Å². The highest BCUT2D eigenvalue weighted by atomic mass is 35.5. The second-order valence-electron chi connectivity index (χ2n) is 9.93. The van der Waals surface area contributed by atoms with Gasteiger partial charge in [-0.15, -0.1) is 5.10 Å². The van der Waals surface area contributed by atoms with Gasteiger partial charge < -0.3 is 20.2 Å². The lowest BCUT2D eigenvalue weighted by atomic mass is 10.1. The molecule has 210 valence electrons. The molecular formula is C27H33Cl3N6O3. The molecule has 2 aromatic carbocycles. The van der Waals surface area contributed by atoms with Crippen molar-refractivity contribution in [2.75, 3.05) is 25.3 Å². The molecule has 0 fully saturated rings. The Morgan fingerprint density at radius 3 is 2.62 bits per heavy atom. The number of nitrogens with zero attached hydrogens (tertiary/aromatic N) is 2. The number of carbonyl (C=O) groups is 1. The number of hydrazine groups is 1. The first kappa shape index (κ1) is 29.3. The van der Waals surface area contributed by atoms with Crippen LogP contribution in [0.25, 0.3) is 0 Å². The van der Waals surface area contributed by atoms with Gasteiger partial charge >= 0.3 is 0 Å². The number of halogens is 3. The van der Waals surface area contributed by atoms with Crippen LogP contribution in [0.2, 0.25) is 15.1 Å². The maximum absolute atomic E-state index is 12.7. The summed E-state index contributed by atoms with van der Waals surface area (Å²) in [5.74, 6) is 1.56. The summed E-state index contributed by atoms with van der Waals surface area (Å²) in [5, 5.41) is 11.8. The topological polar surface area (TPSA) is 101 Å². The monoisotopic (exact) mass is 594 g/mol. The Bertz CT molecular complexity index is 1330. The van der Waals surface area contributed by atoms with Gasteiger partial charge in [0.05, 0.1) is 22.2 Å². The van der Waals surface area contributed by atoms with E-state index < -0.39 is 5.54 Å². The summed E-state index contributed by atoms with van der Waals surface area (Å²) in [5.41, 5.74) is 8.43. The Hall–Kier alpha value is -2.69. The summed E-state index contributed by atoms with van der Waals surface area (Å²) in [6, 6.07) is 11.5. The minimum absolute atomic E-state index is 0.0329. The number of hydrogen-bond acceptors (Lipinski definition) is 7. The predicted octanol–water partition coefficient (Wildman–Crippen LogP) is 5.62. The van der Waals surface area contributed by atoms with Crippen molar-refractivity contribution in [3.05, 3.63) is 68.2 Å². The van der Waals surface area contributed by atoms with Crippen LogP contribution in [0.3, 0.4) is 0 Å². The first-order valence-corrected chi connectivity index (χ1v) is 13.8. The highest BCUT2D eigenvalue weighted by Crippen LogP contribution is 2.38. The summed E-state index contributed by atoms with van der Waals surface area (Å²) in [6.07, 6.45) is 1.28. The number of carbonyl (C=O) groups excluding carboxylic acids is 1. The molecule has 39 heavy (non-hydrogen) atoms. The Labute approximate surface area is 243 Å². The zero-order valence-corrected chi connectivity index (χ0v) is 24.6. The molecule has 0 saturated carbocycles. The summed E-state index contributed by atoms with van der Waals surface area (Å²) in [7, 11) is 0. The quantitative estimate of drug-likeness (QED) is 0.159. The maximum Gasteiger partial charge on any atom is 0.255 e. The summed E-state index contributed by atoms with van der Waals surface area (Å²) >= 11 is 18.7. The largest absolute Gasteiger partial charge is 0.493 e. The zero-order chi connectivity index (χ0) is 28.2. The van der Waals surface area contributed by atoms with Crippen LogP contribution in [0.1, 0.15) is 49.5 Å². The number of hydrogen-bond donors (Lipinski definition) is 4. The lowest BCUT2D eigenvalue weighted by Gasteiger charge is -2.25. The van der Waals surface area contributed by atoms with Crippen LogP contribution in [-0.4, -0.2) is 41.1 Å². The van der Waals surface area contributed by atoms with Crippen molar-refractivity contribution in [2.45, 2.75) is 52.2 Å². The van der Waals surface area contributed by atoms with Crippen molar-refractivity contribution < 1.29 is 14.3 Å². The van der Waals surface area contributed by atoms with Crippen molar-refractivity contribution in [1.82, 2.24) is 25.8 Å². The number of nitrogens with one attached hydrogen (secondary N) is 4. The molecule has 0 bridgehead atoms. The van der Waals surface area contributed by atoms with Gasteiger partial charge in [0.2, 0.25) is 5.91 Å². The van der Waals surface area contributed by atoms with Crippen LogP contribution in [0.5, 0.6) is 11.6 Å². The number of aryl methyl sites for hydroxylation is 2. The van der Waals surface area contributed by atoms with Crippen molar-refractivity contribution in [2.24, 2.45) is 0 Å². The molecule has 12 heteroatoms. The molecule has 1 atom stereocenters. The van der Waals surface area contributed by atoms with Crippen molar-refractivity contribution in [3.8, 4) is 11.6 Å². The maximum atomic E-state index is 12.7. The minimum atomic E-state index is -0.868. The fraction of sp³-hybridized carbons (Fsp3) is 0.407. The number of benzene rings is 2. The first-order valence-electron chi connectivity index (χ1n) is 12.7. The van der Waals surface area contributed by atoms with E-state index in [0.717, 1.165) is 29.7 Å². The summed E-state index contributed by atoms with van der Waals surface area (Å²) in [6.45, 7) is 8.86. The Morgan fingerprint density at radius 2 is 1.87 bits per heavy atom. The van der Waals surface area contributed by atoms with E-state index in [1.165, 1.54) is 5.56 Å². The van der Waals surface area contributed by atoms with Gasteiger partial charge in [0, 0.05) is 6.54 Å². The van der Waals surface area contributed by atoms with E-state index in [1.807, 2.05) is 25.1 Å². The molecule has 3 aromatic rings. The highest BCUT2D eigenvalue weighted by molar-refractivity contribution is 6.42. The van der Waals surface area contributed by atoms with Crippen LogP contribution in [0.4, 0.5) is 5.82 Å². The standard InChI is InChI=1S/C27H33Cl3N6O3/c1-16-7-10-21(17(2)13-16)38-12-6-5-11-31-26(37)27(3,4)32-15-39-25-22(30)24-34-33-23(36(24)35-25)18-8-9-19(28)20(29)14-18/h7-10,13-14,23,32-34H,5-6,11-12,15H2,1-4H3,(H,31,37). The van der Waals surface area contributed by atoms with Crippen molar-refractivity contribution >= 4 is 46.5 Å². The molecule has 1 unspecified atom stereocenters. The van der Waals surface area contributed by atoms with Gasteiger partial charge in [-0.2, -0.15) is 0 Å². The Morgan fingerprint density at radius 1 is 1.08 bits per heavy atom. The van der Waals surface area contributed by atoms with Crippen LogP contribution in [0.15, 0.2) is 36.4 Å².